The Morgan fingerprint density at radius 2 is 0.556 bits per heavy atom. The van der Waals surface area contributed by atoms with Gasteiger partial charge in [-0.1, -0.05) is 0 Å². The van der Waals surface area contributed by atoms with Gasteiger partial charge in [-0.15, -0.1) is 40.5 Å². The van der Waals surface area contributed by atoms with Gasteiger partial charge in [-0.05, 0) is 0 Å². The molecule has 36 heavy (non-hydrogen) atoms. The second kappa shape index (κ2) is 23.3. The molecule has 0 spiro atoms. The van der Waals surface area contributed by atoms with Crippen LogP contribution in [0.3, 0.4) is 0 Å². The monoisotopic (exact) mass is 542 g/mol. The van der Waals surface area contributed by atoms with Crippen LogP contribution in [0.2, 0.25) is 0 Å². The molecule has 0 rings (SSSR count). The van der Waals surface area contributed by atoms with Crippen LogP contribution in [-0.4, -0.2) is 96.2 Å². The summed E-state index contributed by atoms with van der Waals surface area (Å²) in [5, 5.41) is 66.5. The molecule has 0 aliphatic heterocycles. The van der Waals surface area contributed by atoms with E-state index in [0.29, 0.717) is 22.9 Å². The number of hydrogen-bond acceptors (Lipinski definition) is 18. The highest BCUT2D eigenvalue weighted by atomic mass is 17.0. The molecule has 0 saturated heterocycles. The van der Waals surface area contributed by atoms with E-state index in [4.69, 9.17) is 30.6 Å². The molecular weight excluding hydrogens is 520 g/mol. The lowest BCUT2D eigenvalue weighted by atomic mass is 10.4. The Bertz CT molecular complexity index is 576. The standard InChI is InChI=1S/C10H20N6O12.2NO3/c17-13(18)25-7-3-11(4-8-26-14(19)20)1-2-12(5-9-27-15(21)22)6-10-28-16(23)24;2*2-1(3)4/h1-10H2;;/q;2*-1/p+2. The Morgan fingerprint density at radius 1 is 0.389 bits per heavy atom. The van der Waals surface area contributed by atoms with Crippen molar-refractivity contribution in [2.75, 3.05) is 65.7 Å². The maximum Gasteiger partial charge on any atom is 0.294 e. The van der Waals surface area contributed by atoms with Gasteiger partial charge in [0, 0.05) is 0 Å². The van der Waals surface area contributed by atoms with Crippen LogP contribution < -0.4 is 9.80 Å². The van der Waals surface area contributed by atoms with E-state index in [9.17, 15) is 40.5 Å². The van der Waals surface area contributed by atoms with Crippen molar-refractivity contribution in [1.29, 1.82) is 0 Å². The summed E-state index contributed by atoms with van der Waals surface area (Å²) in [4.78, 5) is 75.6. The van der Waals surface area contributed by atoms with Gasteiger partial charge in [0.25, 0.3) is 20.3 Å². The molecule has 210 valence electrons. The molecule has 0 radical (unpaired) electrons. The molecule has 0 unspecified atom stereocenters. The topological polar surface area (TPSA) is 351 Å². The van der Waals surface area contributed by atoms with Crippen molar-refractivity contribution in [1.82, 2.24) is 0 Å². The Hall–Kier alpha value is -4.88. The molecule has 0 amide bonds. The average molecular weight is 542 g/mol. The Labute approximate surface area is 197 Å². The molecule has 26 nitrogen and oxygen atoms in total. The van der Waals surface area contributed by atoms with E-state index < -0.39 is 30.5 Å². The van der Waals surface area contributed by atoms with Crippen LogP contribution in [0, 0.1) is 71.1 Å². The van der Waals surface area contributed by atoms with E-state index in [1.807, 2.05) is 0 Å². The molecule has 0 aliphatic carbocycles. The second-order valence-corrected chi connectivity index (χ2v) is 5.67. The summed E-state index contributed by atoms with van der Waals surface area (Å²) in [7, 11) is 0. The summed E-state index contributed by atoms with van der Waals surface area (Å²) in [6, 6.07) is 0. The van der Waals surface area contributed by atoms with Gasteiger partial charge in [0.05, 0.1) is 10.2 Å². The van der Waals surface area contributed by atoms with Crippen LogP contribution >= 0.6 is 0 Å². The maximum absolute atomic E-state index is 10.2. The van der Waals surface area contributed by atoms with Crippen molar-refractivity contribution in [3.63, 3.8) is 0 Å². The molecule has 0 heterocycles. The summed E-state index contributed by atoms with van der Waals surface area (Å²) >= 11 is 0. The van der Waals surface area contributed by atoms with Crippen molar-refractivity contribution in [3.8, 4) is 0 Å². The van der Waals surface area contributed by atoms with Crippen LogP contribution in [0.15, 0.2) is 0 Å². The molecule has 2 N–H and O–H groups in total. The third kappa shape index (κ3) is 39.6. The molecule has 0 aliphatic rings. The lowest BCUT2D eigenvalue weighted by Gasteiger charge is -2.23. The van der Waals surface area contributed by atoms with E-state index >= 15 is 0 Å². The maximum atomic E-state index is 10.2. The number of nitrogens with one attached hydrogen (secondary N) is 2. The molecular formula is C10H22N8O18. The lowest BCUT2D eigenvalue weighted by molar-refractivity contribution is -0.966. The fourth-order valence-corrected chi connectivity index (χ4v) is 2.16. The Kier molecular flexibility index (Phi) is 23.1. The number of nitrogens with zero attached hydrogens (tertiary/aromatic N) is 6. The number of quaternary nitrogens is 2. The van der Waals surface area contributed by atoms with Gasteiger partial charge in [0.2, 0.25) is 0 Å². The third-order valence-corrected chi connectivity index (χ3v) is 3.44. The zero-order chi connectivity index (χ0) is 28.5. The summed E-state index contributed by atoms with van der Waals surface area (Å²) in [6.45, 7) is 0.255. The van der Waals surface area contributed by atoms with Gasteiger partial charge in [-0.25, -0.2) is 0 Å². The molecule has 0 saturated carbocycles. The Balaban J connectivity index is -0.00000118. The molecule has 0 aromatic rings. The zero-order valence-corrected chi connectivity index (χ0v) is 18.1. The summed E-state index contributed by atoms with van der Waals surface area (Å²) in [5.41, 5.74) is 0. The lowest BCUT2D eigenvalue weighted by Crippen LogP contribution is -3.21. The van der Waals surface area contributed by atoms with Gasteiger partial charge in [0.15, 0.2) is 0 Å². The summed E-state index contributed by atoms with van der Waals surface area (Å²) < 4.78 is 0. The van der Waals surface area contributed by atoms with Gasteiger partial charge in [-0.2, -0.15) is 0 Å². The molecule has 0 atom stereocenters. The first kappa shape index (κ1) is 35.7. The fraction of sp³-hybridized carbons (Fsp3) is 1.00. The second-order valence-electron chi connectivity index (χ2n) is 5.67. The first-order valence-electron chi connectivity index (χ1n) is 9.06. The highest BCUT2D eigenvalue weighted by Crippen LogP contribution is 1.75. The number of rotatable bonds is 19. The summed E-state index contributed by atoms with van der Waals surface area (Å²) in [5.74, 6) is 0. The van der Waals surface area contributed by atoms with Crippen LogP contribution in [0.4, 0.5) is 0 Å². The molecule has 26 heteroatoms. The zero-order valence-electron chi connectivity index (χ0n) is 18.1. The van der Waals surface area contributed by atoms with Gasteiger partial charge in [0.1, 0.15) is 65.7 Å². The van der Waals surface area contributed by atoms with Crippen molar-refractivity contribution in [3.05, 3.63) is 71.1 Å². The van der Waals surface area contributed by atoms with E-state index in [-0.39, 0.29) is 52.6 Å². The van der Waals surface area contributed by atoms with Gasteiger partial charge in [-0.3, -0.25) is 0 Å². The minimum absolute atomic E-state index is 0.145. The van der Waals surface area contributed by atoms with E-state index in [1.165, 1.54) is 0 Å². The van der Waals surface area contributed by atoms with Crippen molar-refractivity contribution >= 4 is 0 Å². The molecule has 0 aromatic heterocycles. The van der Waals surface area contributed by atoms with Crippen LogP contribution in [0.5, 0.6) is 0 Å². The molecule has 0 aromatic carbocycles. The highest BCUT2D eigenvalue weighted by Gasteiger charge is 2.17. The van der Waals surface area contributed by atoms with Gasteiger partial charge < -0.3 is 59.8 Å². The third-order valence-electron chi connectivity index (χ3n) is 3.44. The first-order valence-corrected chi connectivity index (χ1v) is 9.06. The number of hydrogen-bond donors (Lipinski definition) is 2. The van der Waals surface area contributed by atoms with E-state index in [1.54, 1.807) is 0 Å². The quantitative estimate of drug-likeness (QED) is 0.114. The van der Waals surface area contributed by atoms with Crippen molar-refractivity contribution in [2.45, 2.75) is 0 Å². The average Bonchev–Trinajstić information content (AvgIpc) is 2.69. The van der Waals surface area contributed by atoms with Crippen LogP contribution in [0.1, 0.15) is 0 Å². The fourth-order valence-electron chi connectivity index (χ4n) is 2.16. The van der Waals surface area contributed by atoms with E-state index in [2.05, 4.69) is 19.4 Å². The van der Waals surface area contributed by atoms with Crippen LogP contribution in [0.25, 0.3) is 0 Å². The van der Waals surface area contributed by atoms with Crippen molar-refractivity contribution in [2.24, 2.45) is 0 Å². The Morgan fingerprint density at radius 3 is 0.694 bits per heavy atom. The predicted molar refractivity (Wildman–Crippen MR) is 104 cm³/mol. The predicted octanol–water partition coefficient (Wildman–Crippen LogP) is -4.89. The summed E-state index contributed by atoms with van der Waals surface area (Å²) in [6.07, 6.45) is 0. The first-order chi connectivity index (χ1) is 16.7. The minimum Gasteiger partial charge on any atom is -0.356 e. The van der Waals surface area contributed by atoms with Crippen LogP contribution in [-0.2, 0) is 19.4 Å². The SMILES string of the molecule is O=[N+]([O-])OCC[NH+](CCO[N+](=O)[O-])CC[NH+](CCO[N+](=O)[O-])CCO[N+](=O)[O-].O=[N+]([O-])[O-].O=[N+]([O-])[O-]. The normalized spacial score (nSPS) is 9.50. The molecule has 0 fully saturated rings. The minimum atomic E-state index is -1.75. The molecule has 0 bridgehead atoms. The largest absolute Gasteiger partial charge is 0.356 e. The highest BCUT2D eigenvalue weighted by molar-refractivity contribution is 4.35. The van der Waals surface area contributed by atoms with Gasteiger partial charge >= 0.3 is 0 Å². The van der Waals surface area contributed by atoms with E-state index in [0.717, 1.165) is 0 Å². The van der Waals surface area contributed by atoms with Crippen molar-refractivity contribution < 1.29 is 59.7 Å². The smallest absolute Gasteiger partial charge is 0.294 e.